The zero-order chi connectivity index (χ0) is 22.8. The minimum absolute atomic E-state index is 0.695. The summed E-state index contributed by atoms with van der Waals surface area (Å²) in [6.45, 7) is 6.84. The van der Waals surface area contributed by atoms with Gasteiger partial charge in [-0.1, -0.05) is 44.2 Å². The Morgan fingerprint density at radius 3 is 2.22 bits per heavy atom. The molecule has 0 unspecified atom stereocenters. The lowest BCUT2D eigenvalue weighted by atomic mass is 10.1. The number of hydrogen-bond donors (Lipinski definition) is 3. The Morgan fingerprint density at radius 1 is 0.906 bits per heavy atom. The van der Waals surface area contributed by atoms with Crippen molar-refractivity contribution in [3.63, 3.8) is 0 Å². The fourth-order valence-corrected chi connectivity index (χ4v) is 3.25. The maximum atomic E-state index is 6.24. The van der Waals surface area contributed by atoms with Crippen molar-refractivity contribution < 1.29 is 0 Å². The van der Waals surface area contributed by atoms with Crippen molar-refractivity contribution in [2.45, 2.75) is 13.8 Å². The molecule has 5 N–H and O–H groups in total. The molecule has 166 valence electrons. The predicted molar refractivity (Wildman–Crippen MR) is 136 cm³/mol. The van der Waals surface area contributed by atoms with Crippen molar-refractivity contribution in [1.29, 1.82) is 0 Å². The highest BCUT2D eigenvalue weighted by Gasteiger charge is 2.05. The van der Waals surface area contributed by atoms with Gasteiger partial charge in [-0.2, -0.15) is 0 Å². The third kappa shape index (κ3) is 6.97. The first kappa shape index (κ1) is 23.1. The van der Waals surface area contributed by atoms with Gasteiger partial charge in [0.25, 0.3) is 0 Å². The highest BCUT2D eigenvalue weighted by Crippen LogP contribution is 2.22. The third-order valence-corrected chi connectivity index (χ3v) is 5.12. The van der Waals surface area contributed by atoms with E-state index in [2.05, 4.69) is 65.5 Å². The lowest BCUT2D eigenvalue weighted by Gasteiger charge is -2.20. The second-order valence-electron chi connectivity index (χ2n) is 7.48. The lowest BCUT2D eigenvalue weighted by molar-refractivity contribution is 0.328. The van der Waals surface area contributed by atoms with E-state index in [0.717, 1.165) is 47.0 Å². The Bertz CT molecular complexity index is 1020. The minimum atomic E-state index is 0.695. The molecule has 0 fully saturated rings. The Kier molecular flexibility index (Phi) is 8.43. The Balaban J connectivity index is 1.63. The van der Waals surface area contributed by atoms with Crippen LogP contribution in [0.5, 0.6) is 0 Å². The zero-order valence-corrected chi connectivity index (χ0v) is 18.8. The number of rotatable bonds is 10. The molecule has 0 aliphatic rings. The second-order valence-corrected chi connectivity index (χ2v) is 7.48. The molecule has 0 amide bonds. The molecular weight excluding hydrogens is 396 g/mol. The highest BCUT2D eigenvalue weighted by molar-refractivity contribution is 5.71. The van der Waals surface area contributed by atoms with Gasteiger partial charge in [-0.15, -0.1) is 0 Å². The Morgan fingerprint density at radius 2 is 1.56 bits per heavy atom. The number of nitrogens with one attached hydrogen (secondary N) is 1. The summed E-state index contributed by atoms with van der Waals surface area (Å²) in [6.07, 6.45) is 9.52. The summed E-state index contributed by atoms with van der Waals surface area (Å²) < 4.78 is 0. The van der Waals surface area contributed by atoms with Gasteiger partial charge in [0.1, 0.15) is 0 Å². The van der Waals surface area contributed by atoms with Gasteiger partial charge in [0.05, 0.1) is 5.69 Å². The van der Waals surface area contributed by atoms with Crippen molar-refractivity contribution in [3.05, 3.63) is 96.1 Å². The van der Waals surface area contributed by atoms with E-state index in [-0.39, 0.29) is 0 Å². The van der Waals surface area contributed by atoms with E-state index in [0.29, 0.717) is 6.54 Å². The third-order valence-electron chi connectivity index (χ3n) is 5.12. The second kappa shape index (κ2) is 11.7. The van der Waals surface area contributed by atoms with Gasteiger partial charge in [0.2, 0.25) is 0 Å². The number of nitrogens with two attached hydrogens (primary N) is 2. The summed E-state index contributed by atoms with van der Waals surface area (Å²) in [6, 6.07) is 20.2. The summed E-state index contributed by atoms with van der Waals surface area (Å²) in [5.74, 6) is 6.24. The van der Waals surface area contributed by atoms with Crippen molar-refractivity contribution in [3.8, 4) is 0 Å². The number of pyridine rings is 1. The number of aromatic nitrogens is 1. The molecule has 0 saturated heterocycles. The SMILES string of the molecule is CCN(CC)C/C(N)=C/N(N)c1cccc(Nc2ccc(/C=C/c3ccncc3)cc2)c1. The fraction of sp³-hybridized carbons (Fsp3) is 0.192. The number of hydrogen-bond acceptors (Lipinski definition) is 6. The molecule has 0 radical (unpaired) electrons. The van der Waals surface area contributed by atoms with Crippen LogP contribution in [0.4, 0.5) is 17.1 Å². The van der Waals surface area contributed by atoms with Crippen molar-refractivity contribution in [2.24, 2.45) is 11.6 Å². The van der Waals surface area contributed by atoms with Crippen LogP contribution in [0.2, 0.25) is 0 Å². The van der Waals surface area contributed by atoms with Crippen molar-refractivity contribution in [2.75, 3.05) is 30.0 Å². The number of hydrazine groups is 1. The van der Waals surface area contributed by atoms with Crippen LogP contribution in [0.25, 0.3) is 12.2 Å². The van der Waals surface area contributed by atoms with Gasteiger partial charge in [-0.25, -0.2) is 5.84 Å². The molecule has 0 aliphatic heterocycles. The van der Waals surface area contributed by atoms with Gasteiger partial charge in [0, 0.05) is 42.2 Å². The summed E-state index contributed by atoms with van der Waals surface area (Å²) >= 11 is 0. The average Bonchev–Trinajstić information content (AvgIpc) is 2.83. The number of anilines is 3. The number of likely N-dealkylation sites (N-methyl/N-ethyl adjacent to an activating group) is 1. The first-order valence-electron chi connectivity index (χ1n) is 10.8. The zero-order valence-electron chi connectivity index (χ0n) is 18.8. The Hall–Kier alpha value is -3.61. The average molecular weight is 429 g/mol. The molecule has 0 saturated carbocycles. The van der Waals surface area contributed by atoms with Crippen LogP contribution in [-0.4, -0.2) is 29.5 Å². The van der Waals surface area contributed by atoms with Crippen LogP contribution in [-0.2, 0) is 0 Å². The normalized spacial score (nSPS) is 11.8. The summed E-state index contributed by atoms with van der Waals surface area (Å²) in [7, 11) is 0. The van der Waals surface area contributed by atoms with Crippen LogP contribution in [0, 0.1) is 0 Å². The first-order chi connectivity index (χ1) is 15.6. The van der Waals surface area contributed by atoms with Crippen LogP contribution < -0.4 is 21.9 Å². The molecule has 6 heteroatoms. The topological polar surface area (TPSA) is 83.4 Å². The summed E-state index contributed by atoms with van der Waals surface area (Å²) in [5.41, 5.74) is 12.0. The molecule has 2 aromatic carbocycles. The predicted octanol–water partition coefficient (Wildman–Crippen LogP) is 4.82. The molecule has 0 spiro atoms. The van der Waals surface area contributed by atoms with Gasteiger partial charge in [-0.3, -0.25) is 14.9 Å². The summed E-state index contributed by atoms with van der Waals surface area (Å²) in [5, 5.41) is 5.00. The van der Waals surface area contributed by atoms with Crippen molar-refractivity contribution >= 4 is 29.2 Å². The largest absolute Gasteiger partial charge is 0.400 e. The molecule has 3 rings (SSSR count). The van der Waals surface area contributed by atoms with Gasteiger partial charge < -0.3 is 11.1 Å². The summed E-state index contributed by atoms with van der Waals surface area (Å²) in [4.78, 5) is 6.28. The molecule has 0 atom stereocenters. The molecule has 0 aliphatic carbocycles. The lowest BCUT2D eigenvalue weighted by Crippen LogP contribution is -2.31. The van der Waals surface area contributed by atoms with Crippen LogP contribution in [0.15, 0.2) is 85.0 Å². The van der Waals surface area contributed by atoms with Crippen LogP contribution >= 0.6 is 0 Å². The first-order valence-corrected chi connectivity index (χ1v) is 10.8. The molecule has 32 heavy (non-hydrogen) atoms. The molecule has 0 bridgehead atoms. The number of benzene rings is 2. The van der Waals surface area contributed by atoms with Gasteiger partial charge >= 0.3 is 0 Å². The molecule has 3 aromatic rings. The number of nitrogens with zero attached hydrogens (tertiary/aromatic N) is 3. The van der Waals surface area contributed by atoms with Crippen LogP contribution in [0.3, 0.4) is 0 Å². The molecule has 1 aromatic heterocycles. The quantitative estimate of drug-likeness (QED) is 0.317. The van der Waals surface area contributed by atoms with Gasteiger partial charge in [0.15, 0.2) is 0 Å². The van der Waals surface area contributed by atoms with E-state index in [9.17, 15) is 0 Å². The molecule has 1 heterocycles. The minimum Gasteiger partial charge on any atom is -0.400 e. The van der Waals surface area contributed by atoms with E-state index >= 15 is 0 Å². The Labute approximate surface area is 190 Å². The highest BCUT2D eigenvalue weighted by atomic mass is 15.4. The smallest absolute Gasteiger partial charge is 0.0589 e. The molecule has 6 nitrogen and oxygen atoms in total. The maximum absolute atomic E-state index is 6.24. The van der Waals surface area contributed by atoms with E-state index < -0.39 is 0 Å². The van der Waals surface area contributed by atoms with Gasteiger partial charge in [-0.05, 0) is 66.7 Å². The maximum Gasteiger partial charge on any atom is 0.0589 e. The van der Waals surface area contributed by atoms with Crippen molar-refractivity contribution in [1.82, 2.24) is 9.88 Å². The van der Waals surface area contributed by atoms with E-state index in [1.165, 1.54) is 0 Å². The standard InChI is InChI=1S/C26H32N6/c1-3-31(4-2)19-23(27)20-32(28)26-7-5-6-25(18-26)30-24-12-10-21(11-13-24)8-9-22-14-16-29-17-15-22/h5-18,20,30H,3-4,19,27-28H2,1-2H3/b9-8+,23-20-. The molecular formula is C26H32N6. The van der Waals surface area contributed by atoms with E-state index in [1.807, 2.05) is 36.4 Å². The van der Waals surface area contributed by atoms with E-state index in [4.69, 9.17) is 11.6 Å². The van der Waals surface area contributed by atoms with Crippen LogP contribution in [0.1, 0.15) is 25.0 Å². The monoisotopic (exact) mass is 428 g/mol. The fourth-order valence-electron chi connectivity index (χ4n) is 3.25. The van der Waals surface area contributed by atoms with E-state index in [1.54, 1.807) is 23.6 Å².